The Morgan fingerprint density at radius 1 is 1.24 bits per heavy atom. The SMILES string of the molecule is O=[N+]([O-])c1ccc2c(c1)ncn2S(=O)(=O)c1cccnc1. The number of benzene rings is 1. The highest BCUT2D eigenvalue weighted by Gasteiger charge is 2.20. The van der Waals surface area contributed by atoms with Crippen LogP contribution in [0.3, 0.4) is 0 Å². The fraction of sp³-hybridized carbons (Fsp3) is 0. The van der Waals surface area contributed by atoms with Crippen LogP contribution < -0.4 is 0 Å². The molecule has 0 unspecified atom stereocenters. The number of nitrogens with zero attached hydrogens (tertiary/aromatic N) is 4. The molecule has 0 aliphatic heterocycles. The van der Waals surface area contributed by atoms with Gasteiger partial charge in [-0.2, -0.15) is 0 Å². The minimum absolute atomic E-state index is 0.0163. The molecule has 0 radical (unpaired) electrons. The lowest BCUT2D eigenvalue weighted by Gasteiger charge is -2.05. The highest BCUT2D eigenvalue weighted by Crippen LogP contribution is 2.23. The maximum atomic E-state index is 12.5. The summed E-state index contributed by atoms with van der Waals surface area (Å²) in [7, 11) is -3.83. The number of pyridine rings is 1. The standard InChI is InChI=1S/C12H8N4O4S/c17-16(18)9-3-4-12-11(6-9)14-8-15(12)21(19,20)10-2-1-5-13-7-10/h1-8H. The first-order chi connectivity index (χ1) is 10.00. The molecule has 0 saturated carbocycles. The van der Waals surface area contributed by atoms with Crippen LogP contribution in [0.2, 0.25) is 0 Å². The van der Waals surface area contributed by atoms with Gasteiger partial charge in [0, 0.05) is 24.5 Å². The molecule has 9 heteroatoms. The van der Waals surface area contributed by atoms with Gasteiger partial charge in [-0.1, -0.05) is 0 Å². The van der Waals surface area contributed by atoms with Gasteiger partial charge in [-0.05, 0) is 18.2 Å². The van der Waals surface area contributed by atoms with Crippen LogP contribution in [0.25, 0.3) is 11.0 Å². The zero-order valence-corrected chi connectivity index (χ0v) is 11.3. The van der Waals surface area contributed by atoms with Gasteiger partial charge in [0.1, 0.15) is 11.2 Å². The van der Waals surface area contributed by atoms with E-state index in [0.717, 1.165) is 10.3 Å². The zero-order valence-electron chi connectivity index (χ0n) is 10.4. The molecular weight excluding hydrogens is 296 g/mol. The molecule has 2 aromatic heterocycles. The fourth-order valence-corrected chi connectivity index (χ4v) is 3.15. The van der Waals surface area contributed by atoms with Crippen LogP contribution in [-0.4, -0.2) is 27.3 Å². The van der Waals surface area contributed by atoms with E-state index in [1.165, 1.54) is 42.7 Å². The Kier molecular flexibility index (Phi) is 2.91. The van der Waals surface area contributed by atoms with Crippen LogP contribution >= 0.6 is 0 Å². The summed E-state index contributed by atoms with van der Waals surface area (Å²) in [5.41, 5.74) is 0.354. The summed E-state index contributed by atoms with van der Waals surface area (Å²) in [6.07, 6.45) is 3.82. The van der Waals surface area contributed by atoms with Gasteiger partial charge in [-0.3, -0.25) is 15.1 Å². The van der Waals surface area contributed by atoms with Crippen molar-refractivity contribution < 1.29 is 13.3 Å². The minimum Gasteiger partial charge on any atom is -0.263 e. The number of aromatic nitrogens is 3. The molecule has 0 aliphatic rings. The van der Waals surface area contributed by atoms with Crippen LogP contribution in [-0.2, 0) is 10.0 Å². The van der Waals surface area contributed by atoms with Crippen molar-refractivity contribution in [1.29, 1.82) is 0 Å². The van der Waals surface area contributed by atoms with Crippen LogP contribution in [0.1, 0.15) is 0 Å². The van der Waals surface area contributed by atoms with E-state index in [1.54, 1.807) is 0 Å². The van der Waals surface area contributed by atoms with Crippen molar-refractivity contribution in [3.8, 4) is 0 Å². The summed E-state index contributed by atoms with van der Waals surface area (Å²) < 4.78 is 25.9. The van der Waals surface area contributed by atoms with E-state index < -0.39 is 14.9 Å². The van der Waals surface area contributed by atoms with Gasteiger partial charge in [0.2, 0.25) is 0 Å². The van der Waals surface area contributed by atoms with E-state index in [4.69, 9.17) is 0 Å². The van der Waals surface area contributed by atoms with E-state index in [1.807, 2.05) is 0 Å². The number of rotatable bonds is 3. The quantitative estimate of drug-likeness (QED) is 0.537. The second-order valence-corrected chi connectivity index (χ2v) is 5.98. The summed E-state index contributed by atoms with van der Waals surface area (Å²) >= 11 is 0. The predicted molar refractivity (Wildman–Crippen MR) is 73.2 cm³/mol. The number of non-ortho nitro benzene ring substituents is 1. The number of hydrogen-bond donors (Lipinski definition) is 0. The number of nitro groups is 1. The maximum absolute atomic E-state index is 12.5. The topological polar surface area (TPSA) is 108 Å². The normalized spacial score (nSPS) is 11.6. The van der Waals surface area contributed by atoms with Gasteiger partial charge in [-0.15, -0.1) is 0 Å². The number of hydrogen-bond acceptors (Lipinski definition) is 6. The van der Waals surface area contributed by atoms with Crippen molar-refractivity contribution in [1.82, 2.24) is 13.9 Å². The lowest BCUT2D eigenvalue weighted by molar-refractivity contribution is -0.384. The fourth-order valence-electron chi connectivity index (χ4n) is 1.90. The third-order valence-electron chi connectivity index (χ3n) is 2.90. The summed E-state index contributed by atoms with van der Waals surface area (Å²) in [5, 5.41) is 10.7. The Balaban J connectivity index is 2.20. The molecule has 3 aromatic rings. The molecule has 1 aromatic carbocycles. The van der Waals surface area contributed by atoms with Crippen LogP contribution in [0, 0.1) is 10.1 Å². The maximum Gasteiger partial charge on any atom is 0.271 e. The van der Waals surface area contributed by atoms with Gasteiger partial charge in [-0.25, -0.2) is 17.4 Å². The Morgan fingerprint density at radius 2 is 2.05 bits per heavy atom. The first kappa shape index (κ1) is 13.2. The smallest absolute Gasteiger partial charge is 0.263 e. The number of fused-ring (bicyclic) bond motifs is 1. The molecular formula is C12H8N4O4S. The minimum atomic E-state index is -3.83. The lowest BCUT2D eigenvalue weighted by Crippen LogP contribution is -2.12. The lowest BCUT2D eigenvalue weighted by atomic mass is 10.3. The molecule has 0 aliphatic carbocycles. The van der Waals surface area contributed by atoms with E-state index in [9.17, 15) is 18.5 Å². The predicted octanol–water partition coefficient (Wildman–Crippen LogP) is 1.58. The second-order valence-electron chi connectivity index (χ2n) is 4.16. The average Bonchev–Trinajstić information content (AvgIpc) is 2.91. The molecule has 106 valence electrons. The molecule has 0 spiro atoms. The molecule has 0 amide bonds. The van der Waals surface area contributed by atoms with E-state index >= 15 is 0 Å². The molecule has 0 atom stereocenters. The van der Waals surface area contributed by atoms with Crippen molar-refractivity contribution in [2.75, 3.05) is 0 Å². The number of imidazole rings is 1. The van der Waals surface area contributed by atoms with E-state index in [-0.39, 0.29) is 21.6 Å². The molecule has 2 heterocycles. The van der Waals surface area contributed by atoms with Gasteiger partial charge in [0.25, 0.3) is 15.7 Å². The highest BCUT2D eigenvalue weighted by molar-refractivity contribution is 7.90. The molecule has 0 saturated heterocycles. The molecule has 0 fully saturated rings. The zero-order chi connectivity index (χ0) is 15.0. The van der Waals surface area contributed by atoms with Crippen molar-refractivity contribution in [3.63, 3.8) is 0 Å². The summed E-state index contributed by atoms with van der Waals surface area (Å²) in [4.78, 5) is 17.9. The average molecular weight is 304 g/mol. The number of nitro benzene ring substituents is 1. The van der Waals surface area contributed by atoms with Crippen LogP contribution in [0.4, 0.5) is 5.69 Å². The third kappa shape index (κ3) is 2.13. The third-order valence-corrected chi connectivity index (χ3v) is 4.55. The van der Waals surface area contributed by atoms with Crippen molar-refractivity contribution in [2.45, 2.75) is 4.90 Å². The van der Waals surface area contributed by atoms with Crippen molar-refractivity contribution in [2.24, 2.45) is 0 Å². The van der Waals surface area contributed by atoms with Gasteiger partial charge < -0.3 is 0 Å². The molecule has 8 nitrogen and oxygen atoms in total. The van der Waals surface area contributed by atoms with E-state index in [0.29, 0.717) is 0 Å². The summed E-state index contributed by atoms with van der Waals surface area (Å²) in [5.74, 6) is 0. The van der Waals surface area contributed by atoms with Gasteiger partial charge in [0.15, 0.2) is 0 Å². The first-order valence-corrected chi connectivity index (χ1v) is 7.21. The molecule has 3 rings (SSSR count). The molecule has 21 heavy (non-hydrogen) atoms. The van der Waals surface area contributed by atoms with Gasteiger partial charge >= 0.3 is 0 Å². The Bertz CT molecular complexity index is 934. The summed E-state index contributed by atoms with van der Waals surface area (Å²) in [6.45, 7) is 0. The Morgan fingerprint density at radius 3 is 2.71 bits per heavy atom. The van der Waals surface area contributed by atoms with Crippen LogP contribution in [0.5, 0.6) is 0 Å². The first-order valence-electron chi connectivity index (χ1n) is 5.77. The Labute approximate surface area is 118 Å². The second kappa shape index (κ2) is 4.63. The largest absolute Gasteiger partial charge is 0.271 e. The summed E-state index contributed by atoms with van der Waals surface area (Å²) in [6, 6.07) is 6.74. The van der Waals surface area contributed by atoms with Crippen molar-refractivity contribution >= 4 is 26.7 Å². The molecule has 0 bridgehead atoms. The highest BCUT2D eigenvalue weighted by atomic mass is 32.2. The van der Waals surface area contributed by atoms with E-state index in [2.05, 4.69) is 9.97 Å². The molecule has 0 N–H and O–H groups in total. The van der Waals surface area contributed by atoms with Crippen molar-refractivity contribution in [3.05, 3.63) is 59.2 Å². The van der Waals surface area contributed by atoms with Crippen LogP contribution in [0.15, 0.2) is 53.9 Å². The Hall–Kier alpha value is -2.81. The van der Waals surface area contributed by atoms with Gasteiger partial charge in [0.05, 0.1) is 16.0 Å². The monoisotopic (exact) mass is 304 g/mol.